The first-order valence-electron chi connectivity index (χ1n) is 5.92. The lowest BCUT2D eigenvalue weighted by Gasteiger charge is -2.23. The Morgan fingerprint density at radius 2 is 2.06 bits per heavy atom. The zero-order valence-corrected chi connectivity index (χ0v) is 9.85. The number of carbonyl (C=O) groups is 1. The Balaban J connectivity index is 1.88. The molecule has 0 bridgehead atoms. The summed E-state index contributed by atoms with van der Waals surface area (Å²) >= 11 is 0. The predicted octanol–water partition coefficient (Wildman–Crippen LogP) is 2.37. The second kappa shape index (κ2) is 3.91. The van der Waals surface area contributed by atoms with Gasteiger partial charge in [-0.15, -0.1) is 0 Å². The van der Waals surface area contributed by atoms with Crippen molar-refractivity contribution in [2.45, 2.75) is 25.4 Å². The van der Waals surface area contributed by atoms with Crippen molar-refractivity contribution in [2.24, 2.45) is 0 Å². The van der Waals surface area contributed by atoms with Gasteiger partial charge in [-0.3, -0.25) is 4.79 Å². The third-order valence-electron chi connectivity index (χ3n) is 3.57. The van der Waals surface area contributed by atoms with Crippen LogP contribution in [0.2, 0.25) is 0 Å². The molecule has 3 heteroatoms. The van der Waals surface area contributed by atoms with Crippen LogP contribution in [0.15, 0.2) is 30.4 Å². The zero-order valence-electron chi connectivity index (χ0n) is 9.85. The fourth-order valence-corrected chi connectivity index (χ4v) is 2.60. The van der Waals surface area contributed by atoms with Crippen LogP contribution >= 0.6 is 0 Å². The number of ether oxygens (including phenoxy) is 1. The Morgan fingerprint density at radius 3 is 2.76 bits per heavy atom. The van der Waals surface area contributed by atoms with Crippen molar-refractivity contribution in [1.29, 1.82) is 0 Å². The number of benzene rings is 1. The summed E-state index contributed by atoms with van der Waals surface area (Å²) in [6, 6.07) is 6.04. The van der Waals surface area contributed by atoms with Crippen LogP contribution < -0.4 is 4.74 Å². The van der Waals surface area contributed by atoms with Crippen LogP contribution in [0.3, 0.4) is 0 Å². The van der Waals surface area contributed by atoms with Crippen LogP contribution in [-0.4, -0.2) is 24.0 Å². The van der Waals surface area contributed by atoms with Crippen molar-refractivity contribution in [3.8, 4) is 5.75 Å². The first kappa shape index (κ1) is 10.4. The lowest BCUT2D eigenvalue weighted by atomic mass is 10.1. The fourth-order valence-electron chi connectivity index (χ4n) is 2.60. The molecule has 0 atom stereocenters. The van der Waals surface area contributed by atoms with Gasteiger partial charge in [0.25, 0.3) is 5.91 Å². The molecular weight excluding hydrogens is 214 g/mol. The molecule has 1 aliphatic carbocycles. The zero-order chi connectivity index (χ0) is 11.8. The van der Waals surface area contributed by atoms with Crippen LogP contribution in [0.4, 0.5) is 0 Å². The Morgan fingerprint density at radius 1 is 1.29 bits per heavy atom. The van der Waals surface area contributed by atoms with E-state index in [4.69, 9.17) is 4.74 Å². The van der Waals surface area contributed by atoms with E-state index in [2.05, 4.69) is 12.2 Å². The highest BCUT2D eigenvalue weighted by atomic mass is 16.5. The van der Waals surface area contributed by atoms with Crippen LogP contribution in [0.25, 0.3) is 0 Å². The van der Waals surface area contributed by atoms with E-state index in [0.717, 1.165) is 36.3 Å². The second-order valence-electron chi connectivity index (χ2n) is 4.55. The number of nitrogens with zero attached hydrogens (tertiary/aromatic N) is 1. The molecule has 0 fully saturated rings. The molecule has 0 saturated carbocycles. The summed E-state index contributed by atoms with van der Waals surface area (Å²) in [7, 11) is 1.65. The first-order valence-corrected chi connectivity index (χ1v) is 5.92. The highest BCUT2D eigenvalue weighted by molar-refractivity contribution is 5.98. The fraction of sp³-hybridized carbons (Fsp3) is 0.357. The first-order chi connectivity index (χ1) is 8.29. The van der Waals surface area contributed by atoms with Crippen LogP contribution in [0, 0.1) is 0 Å². The average molecular weight is 229 g/mol. The summed E-state index contributed by atoms with van der Waals surface area (Å²) in [6.07, 6.45) is 6.27. The summed E-state index contributed by atoms with van der Waals surface area (Å²) in [4.78, 5) is 14.2. The van der Waals surface area contributed by atoms with Gasteiger partial charge in [0.2, 0.25) is 0 Å². The average Bonchev–Trinajstić information content (AvgIpc) is 2.97. The predicted molar refractivity (Wildman–Crippen MR) is 65.0 cm³/mol. The summed E-state index contributed by atoms with van der Waals surface area (Å²) in [5.41, 5.74) is 1.92. The third kappa shape index (κ3) is 1.62. The maximum absolute atomic E-state index is 12.2. The normalized spacial score (nSPS) is 18.9. The van der Waals surface area contributed by atoms with E-state index in [0.29, 0.717) is 6.04 Å². The van der Waals surface area contributed by atoms with E-state index in [1.807, 2.05) is 23.1 Å². The van der Waals surface area contributed by atoms with Gasteiger partial charge < -0.3 is 9.64 Å². The van der Waals surface area contributed by atoms with Crippen molar-refractivity contribution in [1.82, 2.24) is 4.90 Å². The van der Waals surface area contributed by atoms with Gasteiger partial charge in [-0.2, -0.15) is 0 Å². The summed E-state index contributed by atoms with van der Waals surface area (Å²) in [5, 5.41) is 0. The van der Waals surface area contributed by atoms with E-state index in [-0.39, 0.29) is 5.91 Å². The number of hydrogen-bond donors (Lipinski definition) is 0. The van der Waals surface area contributed by atoms with Crippen LogP contribution in [-0.2, 0) is 6.54 Å². The molecule has 0 N–H and O–H groups in total. The molecule has 17 heavy (non-hydrogen) atoms. The molecule has 1 heterocycles. The number of rotatable bonds is 2. The van der Waals surface area contributed by atoms with Gasteiger partial charge in [-0.1, -0.05) is 12.2 Å². The van der Waals surface area contributed by atoms with E-state index in [9.17, 15) is 4.79 Å². The summed E-state index contributed by atoms with van der Waals surface area (Å²) in [5.74, 6) is 0.985. The molecule has 1 aromatic carbocycles. The molecule has 0 saturated heterocycles. The molecular formula is C14H15NO2. The van der Waals surface area contributed by atoms with Gasteiger partial charge in [0.05, 0.1) is 7.11 Å². The Kier molecular flexibility index (Phi) is 2.39. The molecule has 3 nitrogen and oxygen atoms in total. The minimum absolute atomic E-state index is 0.163. The van der Waals surface area contributed by atoms with Crippen molar-refractivity contribution in [3.05, 3.63) is 41.5 Å². The minimum atomic E-state index is 0.163. The largest absolute Gasteiger partial charge is 0.497 e. The van der Waals surface area contributed by atoms with Crippen LogP contribution in [0.5, 0.6) is 5.75 Å². The smallest absolute Gasteiger partial charge is 0.254 e. The number of fused-ring (bicyclic) bond motifs is 1. The molecule has 2 aliphatic rings. The molecule has 0 spiro atoms. The summed E-state index contributed by atoms with van der Waals surface area (Å²) < 4.78 is 5.19. The number of carbonyl (C=O) groups excluding carboxylic acids is 1. The van der Waals surface area contributed by atoms with Gasteiger partial charge >= 0.3 is 0 Å². The topological polar surface area (TPSA) is 29.5 Å². The molecule has 0 aromatic heterocycles. The maximum Gasteiger partial charge on any atom is 0.254 e. The van der Waals surface area contributed by atoms with Gasteiger partial charge in [0.1, 0.15) is 5.75 Å². The molecule has 0 unspecified atom stereocenters. The van der Waals surface area contributed by atoms with Gasteiger partial charge in [0.15, 0.2) is 0 Å². The van der Waals surface area contributed by atoms with E-state index in [1.165, 1.54) is 0 Å². The highest BCUT2D eigenvalue weighted by Crippen LogP contribution is 2.31. The van der Waals surface area contributed by atoms with Gasteiger partial charge in [-0.05, 0) is 36.6 Å². The monoisotopic (exact) mass is 229 g/mol. The van der Waals surface area contributed by atoms with Crippen molar-refractivity contribution in [2.75, 3.05) is 7.11 Å². The number of hydrogen-bond acceptors (Lipinski definition) is 2. The lowest BCUT2D eigenvalue weighted by Crippen LogP contribution is -2.33. The second-order valence-corrected chi connectivity index (χ2v) is 4.55. The van der Waals surface area contributed by atoms with Gasteiger partial charge in [-0.25, -0.2) is 0 Å². The standard InChI is InChI=1S/C14H15NO2/c1-17-12-6-7-13-10(8-12)9-15(14(13)16)11-4-2-3-5-11/h2-3,6-8,11H,4-5,9H2,1H3. The Labute approximate surface area is 101 Å². The number of methoxy groups -OCH3 is 1. The van der Waals surface area contributed by atoms with Crippen LogP contribution in [0.1, 0.15) is 28.8 Å². The number of amides is 1. The minimum Gasteiger partial charge on any atom is -0.497 e. The molecule has 1 aliphatic heterocycles. The lowest BCUT2D eigenvalue weighted by molar-refractivity contribution is 0.0712. The van der Waals surface area contributed by atoms with Crippen molar-refractivity contribution < 1.29 is 9.53 Å². The van der Waals surface area contributed by atoms with Crippen molar-refractivity contribution >= 4 is 5.91 Å². The van der Waals surface area contributed by atoms with E-state index in [1.54, 1.807) is 7.11 Å². The molecule has 1 amide bonds. The Bertz CT molecular complexity index is 485. The maximum atomic E-state index is 12.2. The Hall–Kier alpha value is -1.77. The molecule has 88 valence electrons. The highest BCUT2D eigenvalue weighted by Gasteiger charge is 2.32. The summed E-state index contributed by atoms with van der Waals surface area (Å²) in [6.45, 7) is 0.720. The van der Waals surface area contributed by atoms with Crippen molar-refractivity contribution in [3.63, 3.8) is 0 Å². The molecule has 1 aromatic rings. The quantitative estimate of drug-likeness (QED) is 0.729. The van der Waals surface area contributed by atoms with Gasteiger partial charge in [0, 0.05) is 18.2 Å². The molecule has 0 radical (unpaired) electrons. The third-order valence-corrected chi connectivity index (χ3v) is 3.57. The van der Waals surface area contributed by atoms with E-state index < -0.39 is 0 Å². The molecule has 3 rings (SSSR count). The SMILES string of the molecule is COc1ccc2c(c1)CN(C1CC=CC1)C2=O. The van der Waals surface area contributed by atoms with E-state index >= 15 is 0 Å².